The summed E-state index contributed by atoms with van der Waals surface area (Å²) in [5.74, 6) is -0.124. The SMILES string of the molecule is Cc1sc2ncn(CCC(=O)Nc3ccccc3)c(=O)c2c1C. The first-order valence-corrected chi connectivity index (χ1v) is 8.18. The van der Waals surface area contributed by atoms with Crippen molar-refractivity contribution < 1.29 is 4.79 Å². The maximum Gasteiger partial charge on any atom is 0.262 e. The lowest BCUT2D eigenvalue weighted by Crippen LogP contribution is -2.23. The molecule has 0 aliphatic rings. The number of hydrogen-bond donors (Lipinski definition) is 1. The highest BCUT2D eigenvalue weighted by atomic mass is 32.1. The Labute approximate surface area is 137 Å². The van der Waals surface area contributed by atoms with Gasteiger partial charge in [0.25, 0.3) is 5.56 Å². The van der Waals surface area contributed by atoms with Gasteiger partial charge in [0.1, 0.15) is 4.83 Å². The molecule has 23 heavy (non-hydrogen) atoms. The van der Waals surface area contributed by atoms with Crippen molar-refractivity contribution in [3.63, 3.8) is 0 Å². The molecule has 0 fully saturated rings. The predicted octanol–water partition coefficient (Wildman–Crippen LogP) is 3.10. The van der Waals surface area contributed by atoms with Crippen LogP contribution in [0.3, 0.4) is 0 Å². The zero-order valence-electron chi connectivity index (χ0n) is 13.0. The molecule has 3 aromatic rings. The molecule has 1 N–H and O–H groups in total. The molecule has 118 valence electrons. The summed E-state index contributed by atoms with van der Waals surface area (Å²) < 4.78 is 1.51. The highest BCUT2D eigenvalue weighted by molar-refractivity contribution is 7.18. The van der Waals surface area contributed by atoms with Crippen LogP contribution < -0.4 is 10.9 Å². The number of thiophene rings is 1. The van der Waals surface area contributed by atoms with Gasteiger partial charge in [0.05, 0.1) is 11.7 Å². The number of aryl methyl sites for hydroxylation is 3. The molecule has 0 atom stereocenters. The van der Waals surface area contributed by atoms with E-state index in [9.17, 15) is 9.59 Å². The molecule has 0 bridgehead atoms. The molecule has 2 heterocycles. The van der Waals surface area contributed by atoms with E-state index in [1.54, 1.807) is 0 Å². The van der Waals surface area contributed by atoms with Crippen LogP contribution in [0, 0.1) is 13.8 Å². The number of nitrogens with one attached hydrogen (secondary N) is 1. The number of para-hydroxylation sites is 1. The number of aromatic nitrogens is 2. The van der Waals surface area contributed by atoms with E-state index < -0.39 is 0 Å². The number of amides is 1. The number of hydrogen-bond acceptors (Lipinski definition) is 4. The molecule has 2 aromatic heterocycles. The molecule has 0 spiro atoms. The lowest BCUT2D eigenvalue weighted by Gasteiger charge is -2.07. The number of benzene rings is 1. The molecule has 3 rings (SSSR count). The van der Waals surface area contributed by atoms with Crippen molar-refractivity contribution in [1.82, 2.24) is 9.55 Å². The summed E-state index contributed by atoms with van der Waals surface area (Å²) in [6, 6.07) is 9.27. The number of carbonyl (C=O) groups excluding carboxylic acids is 1. The Kier molecular flexibility index (Phi) is 4.25. The summed E-state index contributed by atoms with van der Waals surface area (Å²) in [6.07, 6.45) is 1.75. The summed E-state index contributed by atoms with van der Waals surface area (Å²) in [6.45, 7) is 4.23. The van der Waals surface area contributed by atoms with E-state index in [2.05, 4.69) is 10.3 Å². The lowest BCUT2D eigenvalue weighted by atomic mass is 10.2. The fourth-order valence-corrected chi connectivity index (χ4v) is 3.38. The quantitative estimate of drug-likeness (QED) is 0.801. The Morgan fingerprint density at radius 1 is 1.26 bits per heavy atom. The fraction of sp³-hybridized carbons (Fsp3) is 0.235. The third-order valence-electron chi connectivity index (χ3n) is 3.79. The minimum absolute atomic E-state index is 0.0793. The van der Waals surface area contributed by atoms with Crippen LogP contribution in [-0.2, 0) is 11.3 Å². The minimum Gasteiger partial charge on any atom is -0.326 e. The van der Waals surface area contributed by atoms with Gasteiger partial charge in [-0.25, -0.2) is 4.98 Å². The van der Waals surface area contributed by atoms with Crippen molar-refractivity contribution in [3.8, 4) is 0 Å². The van der Waals surface area contributed by atoms with E-state index >= 15 is 0 Å². The third kappa shape index (κ3) is 3.17. The van der Waals surface area contributed by atoms with Gasteiger partial charge in [-0.05, 0) is 31.5 Å². The summed E-state index contributed by atoms with van der Waals surface area (Å²) in [4.78, 5) is 30.7. The van der Waals surface area contributed by atoms with Crippen LogP contribution in [0.4, 0.5) is 5.69 Å². The van der Waals surface area contributed by atoms with E-state index in [-0.39, 0.29) is 17.9 Å². The van der Waals surface area contributed by atoms with Crippen LogP contribution in [0.15, 0.2) is 41.5 Å². The normalized spacial score (nSPS) is 10.9. The highest BCUT2D eigenvalue weighted by Gasteiger charge is 2.12. The Morgan fingerprint density at radius 2 is 2.00 bits per heavy atom. The van der Waals surface area contributed by atoms with Crippen molar-refractivity contribution >= 4 is 33.1 Å². The van der Waals surface area contributed by atoms with Gasteiger partial charge in [0.2, 0.25) is 5.91 Å². The van der Waals surface area contributed by atoms with Crippen LogP contribution in [-0.4, -0.2) is 15.5 Å². The Balaban J connectivity index is 1.75. The van der Waals surface area contributed by atoms with E-state index in [0.717, 1.165) is 21.0 Å². The van der Waals surface area contributed by atoms with Crippen LogP contribution in [0.2, 0.25) is 0 Å². The molecular formula is C17H17N3O2S. The molecule has 0 saturated carbocycles. The average Bonchev–Trinajstić information content (AvgIpc) is 2.83. The van der Waals surface area contributed by atoms with Crippen molar-refractivity contribution in [3.05, 3.63) is 57.5 Å². The topological polar surface area (TPSA) is 64.0 Å². The fourth-order valence-electron chi connectivity index (χ4n) is 2.40. The summed E-state index contributed by atoms with van der Waals surface area (Å²) in [7, 11) is 0. The smallest absolute Gasteiger partial charge is 0.262 e. The summed E-state index contributed by atoms with van der Waals surface area (Å²) in [5, 5.41) is 3.48. The number of fused-ring (bicyclic) bond motifs is 1. The third-order valence-corrected chi connectivity index (χ3v) is 4.91. The van der Waals surface area contributed by atoms with Crippen LogP contribution in [0.5, 0.6) is 0 Å². The van der Waals surface area contributed by atoms with Crippen molar-refractivity contribution in [1.29, 1.82) is 0 Å². The maximum atomic E-state index is 12.5. The van der Waals surface area contributed by atoms with E-state index in [1.807, 2.05) is 44.2 Å². The largest absolute Gasteiger partial charge is 0.326 e. The van der Waals surface area contributed by atoms with Gasteiger partial charge in [-0.2, -0.15) is 0 Å². The minimum atomic E-state index is -0.124. The summed E-state index contributed by atoms with van der Waals surface area (Å²) >= 11 is 1.52. The Bertz CT molecular complexity index is 913. The monoisotopic (exact) mass is 327 g/mol. The van der Waals surface area contributed by atoms with E-state index in [0.29, 0.717) is 11.9 Å². The zero-order valence-corrected chi connectivity index (χ0v) is 13.8. The van der Waals surface area contributed by atoms with Crippen LogP contribution >= 0.6 is 11.3 Å². The second-order valence-corrected chi connectivity index (χ2v) is 6.57. The van der Waals surface area contributed by atoms with Crippen molar-refractivity contribution in [2.24, 2.45) is 0 Å². The van der Waals surface area contributed by atoms with Gasteiger partial charge in [0, 0.05) is 23.5 Å². The Morgan fingerprint density at radius 3 is 2.74 bits per heavy atom. The highest BCUT2D eigenvalue weighted by Crippen LogP contribution is 2.25. The molecule has 1 aromatic carbocycles. The van der Waals surface area contributed by atoms with Crippen molar-refractivity contribution in [2.45, 2.75) is 26.8 Å². The zero-order chi connectivity index (χ0) is 16.4. The number of anilines is 1. The molecule has 0 radical (unpaired) electrons. The number of carbonyl (C=O) groups is 1. The van der Waals surface area contributed by atoms with E-state index in [4.69, 9.17) is 0 Å². The van der Waals surface area contributed by atoms with E-state index in [1.165, 1.54) is 22.2 Å². The molecule has 0 aliphatic carbocycles. The van der Waals surface area contributed by atoms with Crippen LogP contribution in [0.25, 0.3) is 10.2 Å². The second-order valence-electron chi connectivity index (χ2n) is 5.37. The lowest BCUT2D eigenvalue weighted by molar-refractivity contribution is -0.116. The first-order chi connectivity index (χ1) is 11.1. The Hall–Kier alpha value is -2.47. The maximum absolute atomic E-state index is 12.5. The first-order valence-electron chi connectivity index (χ1n) is 7.36. The first kappa shape index (κ1) is 15.4. The molecule has 1 amide bonds. The molecule has 0 saturated heterocycles. The molecule has 0 aliphatic heterocycles. The van der Waals surface area contributed by atoms with Gasteiger partial charge in [-0.1, -0.05) is 18.2 Å². The average molecular weight is 327 g/mol. The molecule has 0 unspecified atom stereocenters. The second kappa shape index (κ2) is 6.34. The van der Waals surface area contributed by atoms with Gasteiger partial charge < -0.3 is 5.32 Å². The van der Waals surface area contributed by atoms with Crippen molar-refractivity contribution in [2.75, 3.05) is 5.32 Å². The molecule has 6 heteroatoms. The van der Waals surface area contributed by atoms with Gasteiger partial charge in [0.15, 0.2) is 0 Å². The standard InChI is InChI=1S/C17H17N3O2S/c1-11-12(2)23-16-15(11)17(22)20(10-18-16)9-8-14(21)19-13-6-4-3-5-7-13/h3-7,10H,8-9H2,1-2H3,(H,19,21). The summed E-state index contributed by atoms with van der Waals surface area (Å²) in [5.41, 5.74) is 1.65. The van der Waals surface area contributed by atoms with Crippen LogP contribution in [0.1, 0.15) is 16.9 Å². The number of nitrogens with zero attached hydrogens (tertiary/aromatic N) is 2. The number of rotatable bonds is 4. The van der Waals surface area contributed by atoms with Gasteiger partial charge in [-0.15, -0.1) is 11.3 Å². The molecule has 5 nitrogen and oxygen atoms in total. The van der Waals surface area contributed by atoms with Gasteiger partial charge >= 0.3 is 0 Å². The predicted molar refractivity (Wildman–Crippen MR) is 93.0 cm³/mol. The van der Waals surface area contributed by atoms with Gasteiger partial charge in [-0.3, -0.25) is 14.2 Å². The molecular weight excluding hydrogens is 310 g/mol.